The topological polar surface area (TPSA) is 52.2 Å². The zero-order valence-corrected chi connectivity index (χ0v) is 15.6. The highest BCUT2D eigenvalue weighted by Crippen LogP contribution is 2.25. The number of para-hydroxylation sites is 1. The van der Waals surface area contributed by atoms with Crippen molar-refractivity contribution in [3.63, 3.8) is 0 Å². The van der Waals surface area contributed by atoms with Crippen LogP contribution in [-0.2, 0) is 0 Å². The van der Waals surface area contributed by atoms with Crippen LogP contribution in [0.4, 0.5) is 0 Å². The average Bonchev–Trinajstić information content (AvgIpc) is 3.09. The van der Waals surface area contributed by atoms with E-state index in [9.17, 15) is 4.79 Å². The lowest BCUT2D eigenvalue weighted by atomic mass is 10.1. The zero-order valence-electron chi connectivity index (χ0n) is 15.6. The Morgan fingerprint density at radius 1 is 0.786 bits per heavy atom. The molecule has 2 heterocycles. The van der Waals surface area contributed by atoms with E-state index in [2.05, 4.69) is 5.10 Å². The number of fused-ring (bicyclic) bond motifs is 2. The van der Waals surface area contributed by atoms with Crippen LogP contribution in [0.25, 0.3) is 33.8 Å². The van der Waals surface area contributed by atoms with Gasteiger partial charge in [-0.2, -0.15) is 4.52 Å². The van der Waals surface area contributed by atoms with Gasteiger partial charge in [0, 0.05) is 5.56 Å². The minimum atomic E-state index is -0.167. The van der Waals surface area contributed by atoms with Crippen molar-refractivity contribution in [2.45, 2.75) is 13.8 Å². The lowest BCUT2D eigenvalue weighted by Gasteiger charge is -2.09. The highest BCUT2D eigenvalue weighted by atomic mass is 16.1. The Labute approximate surface area is 161 Å². The van der Waals surface area contributed by atoms with Gasteiger partial charge in [-0.15, -0.1) is 5.10 Å². The molecule has 0 bridgehead atoms. The van der Waals surface area contributed by atoms with Crippen LogP contribution in [0.3, 0.4) is 0 Å². The maximum absolute atomic E-state index is 13.1. The van der Waals surface area contributed by atoms with Crippen molar-refractivity contribution in [3.8, 4) is 17.1 Å². The van der Waals surface area contributed by atoms with Crippen molar-refractivity contribution >= 4 is 16.7 Å². The molecule has 2 aromatic heterocycles. The van der Waals surface area contributed by atoms with Crippen molar-refractivity contribution in [1.29, 1.82) is 0 Å². The standard InChI is InChI=1S/C23H18N4O/c1-15-7-11-17(12-8-15)21-25-27-22(28)19-5-3-4-6-20(19)24-23(27)26(21)18-13-9-16(2)10-14-18/h3-14H,1-2H3. The number of hydrogen-bond donors (Lipinski definition) is 0. The zero-order chi connectivity index (χ0) is 19.3. The first-order chi connectivity index (χ1) is 13.6. The van der Waals surface area contributed by atoms with Crippen LogP contribution in [0.15, 0.2) is 77.6 Å². The molecule has 136 valence electrons. The maximum atomic E-state index is 13.1. The Kier molecular flexibility index (Phi) is 3.62. The number of hydrogen-bond acceptors (Lipinski definition) is 3. The van der Waals surface area contributed by atoms with Crippen LogP contribution in [0, 0.1) is 13.8 Å². The number of rotatable bonds is 2. The van der Waals surface area contributed by atoms with Crippen molar-refractivity contribution in [1.82, 2.24) is 19.2 Å². The molecule has 0 spiro atoms. The number of benzene rings is 3. The van der Waals surface area contributed by atoms with Crippen molar-refractivity contribution in [2.24, 2.45) is 0 Å². The minimum Gasteiger partial charge on any atom is -0.267 e. The molecular formula is C23H18N4O. The van der Waals surface area contributed by atoms with Gasteiger partial charge in [-0.25, -0.2) is 4.98 Å². The van der Waals surface area contributed by atoms with Gasteiger partial charge in [0.15, 0.2) is 5.82 Å². The second kappa shape index (κ2) is 6.16. The predicted octanol–water partition coefficient (Wildman–Crippen LogP) is 4.32. The number of aryl methyl sites for hydroxylation is 2. The average molecular weight is 366 g/mol. The van der Waals surface area contributed by atoms with Crippen LogP contribution >= 0.6 is 0 Å². The third-order valence-corrected chi connectivity index (χ3v) is 4.95. The van der Waals surface area contributed by atoms with Gasteiger partial charge in [0.1, 0.15) is 0 Å². The molecule has 5 rings (SSSR count). The van der Waals surface area contributed by atoms with E-state index in [-0.39, 0.29) is 5.56 Å². The molecule has 0 unspecified atom stereocenters. The first kappa shape index (κ1) is 16.4. The Balaban J connectivity index is 1.92. The van der Waals surface area contributed by atoms with Crippen LogP contribution in [0.1, 0.15) is 11.1 Å². The van der Waals surface area contributed by atoms with Gasteiger partial charge in [-0.1, -0.05) is 59.7 Å². The third-order valence-electron chi connectivity index (χ3n) is 4.95. The monoisotopic (exact) mass is 366 g/mol. The lowest BCUT2D eigenvalue weighted by Crippen LogP contribution is -2.16. The molecule has 3 aromatic carbocycles. The van der Waals surface area contributed by atoms with Crippen LogP contribution in [0.2, 0.25) is 0 Å². The first-order valence-electron chi connectivity index (χ1n) is 9.16. The quantitative estimate of drug-likeness (QED) is 0.468. The van der Waals surface area contributed by atoms with E-state index in [0.29, 0.717) is 22.5 Å². The second-order valence-electron chi connectivity index (χ2n) is 7.01. The highest BCUT2D eigenvalue weighted by molar-refractivity contribution is 5.79. The third kappa shape index (κ3) is 2.52. The maximum Gasteiger partial charge on any atom is 0.283 e. The van der Waals surface area contributed by atoms with Gasteiger partial charge in [-0.05, 0) is 38.1 Å². The van der Waals surface area contributed by atoms with Crippen molar-refractivity contribution < 1.29 is 0 Å². The van der Waals surface area contributed by atoms with Gasteiger partial charge < -0.3 is 0 Å². The van der Waals surface area contributed by atoms with Crippen molar-refractivity contribution in [2.75, 3.05) is 0 Å². The summed E-state index contributed by atoms with van der Waals surface area (Å²) in [6.07, 6.45) is 0. The summed E-state index contributed by atoms with van der Waals surface area (Å²) in [5.41, 5.74) is 4.68. The summed E-state index contributed by atoms with van der Waals surface area (Å²) in [5.74, 6) is 1.19. The second-order valence-corrected chi connectivity index (χ2v) is 7.01. The molecule has 0 saturated carbocycles. The van der Waals surface area contributed by atoms with E-state index in [4.69, 9.17) is 4.98 Å². The Morgan fingerprint density at radius 2 is 1.43 bits per heavy atom. The molecule has 0 aliphatic carbocycles. The normalized spacial score (nSPS) is 11.4. The van der Waals surface area contributed by atoms with Crippen LogP contribution < -0.4 is 5.56 Å². The molecule has 5 nitrogen and oxygen atoms in total. The van der Waals surface area contributed by atoms with Crippen LogP contribution in [0.5, 0.6) is 0 Å². The molecule has 0 radical (unpaired) electrons. The Hall–Kier alpha value is -3.73. The summed E-state index contributed by atoms with van der Waals surface area (Å²) in [6.45, 7) is 4.10. The van der Waals surface area contributed by atoms with E-state index in [1.807, 2.05) is 85.1 Å². The van der Waals surface area contributed by atoms with Gasteiger partial charge >= 0.3 is 0 Å². The molecule has 0 N–H and O–H groups in total. The molecule has 0 atom stereocenters. The van der Waals surface area contributed by atoms with E-state index in [1.165, 1.54) is 15.6 Å². The molecule has 0 aliphatic heterocycles. The highest BCUT2D eigenvalue weighted by Gasteiger charge is 2.18. The SMILES string of the molecule is Cc1ccc(-c2nn3c(=O)c4ccccc4nc3n2-c2ccc(C)cc2)cc1. The summed E-state index contributed by atoms with van der Waals surface area (Å²) in [4.78, 5) is 17.8. The Bertz CT molecular complexity index is 1380. The molecule has 0 amide bonds. The predicted molar refractivity (Wildman–Crippen MR) is 111 cm³/mol. The molecule has 0 fully saturated rings. The Morgan fingerprint density at radius 3 is 2.14 bits per heavy atom. The molecule has 5 aromatic rings. The van der Waals surface area contributed by atoms with Gasteiger partial charge in [-0.3, -0.25) is 9.36 Å². The summed E-state index contributed by atoms with van der Waals surface area (Å²) >= 11 is 0. The van der Waals surface area contributed by atoms with Crippen molar-refractivity contribution in [3.05, 3.63) is 94.3 Å². The van der Waals surface area contributed by atoms with Gasteiger partial charge in [0.25, 0.3) is 5.56 Å². The first-order valence-corrected chi connectivity index (χ1v) is 9.16. The molecule has 0 aliphatic rings. The lowest BCUT2D eigenvalue weighted by molar-refractivity contribution is 0.917. The van der Waals surface area contributed by atoms with Crippen LogP contribution in [-0.4, -0.2) is 19.2 Å². The largest absolute Gasteiger partial charge is 0.283 e. The molecular weight excluding hydrogens is 348 g/mol. The van der Waals surface area contributed by atoms with Gasteiger partial charge in [0.2, 0.25) is 5.78 Å². The number of nitrogens with zero attached hydrogens (tertiary/aromatic N) is 4. The van der Waals surface area contributed by atoms with E-state index in [0.717, 1.165) is 11.3 Å². The fraction of sp³-hybridized carbons (Fsp3) is 0.0870. The molecule has 5 heteroatoms. The summed E-state index contributed by atoms with van der Waals surface area (Å²) < 4.78 is 3.34. The fourth-order valence-corrected chi connectivity index (χ4v) is 3.40. The van der Waals surface area contributed by atoms with Gasteiger partial charge in [0.05, 0.1) is 16.6 Å². The van der Waals surface area contributed by atoms with E-state index < -0.39 is 0 Å². The minimum absolute atomic E-state index is 0.167. The fourth-order valence-electron chi connectivity index (χ4n) is 3.40. The smallest absolute Gasteiger partial charge is 0.267 e. The summed E-state index contributed by atoms with van der Waals surface area (Å²) in [6, 6.07) is 23.6. The number of aromatic nitrogens is 4. The van der Waals surface area contributed by atoms with E-state index in [1.54, 1.807) is 6.07 Å². The van der Waals surface area contributed by atoms with E-state index >= 15 is 0 Å². The summed E-state index contributed by atoms with van der Waals surface area (Å²) in [5, 5.41) is 5.22. The molecule has 0 saturated heterocycles. The summed E-state index contributed by atoms with van der Waals surface area (Å²) in [7, 11) is 0. The molecule has 28 heavy (non-hydrogen) atoms.